The van der Waals surface area contributed by atoms with Crippen molar-refractivity contribution in [2.45, 2.75) is 0 Å². The van der Waals surface area contributed by atoms with Crippen LogP contribution in [0.3, 0.4) is 0 Å². The Morgan fingerprint density at radius 3 is 2.59 bits per heavy atom. The van der Waals surface area contributed by atoms with Crippen molar-refractivity contribution in [2.75, 3.05) is 7.11 Å². The van der Waals surface area contributed by atoms with Crippen molar-refractivity contribution >= 4 is 12.3 Å². The van der Waals surface area contributed by atoms with Gasteiger partial charge in [-0.1, -0.05) is 30.3 Å². The molecule has 3 heteroatoms. The van der Waals surface area contributed by atoms with E-state index in [0.29, 0.717) is 5.75 Å². The molecular formula is C14H13NO2. The Bertz CT molecular complexity index is 570. The quantitative estimate of drug-likeness (QED) is 0.806. The number of rotatable bonds is 3. The van der Waals surface area contributed by atoms with Gasteiger partial charge in [0.2, 0.25) is 0 Å². The lowest BCUT2D eigenvalue weighted by Crippen LogP contribution is -2.15. The van der Waals surface area contributed by atoms with Crippen LogP contribution in [0.15, 0.2) is 53.5 Å². The summed E-state index contributed by atoms with van der Waals surface area (Å²) < 4.78 is 6.46. The minimum Gasteiger partial charge on any atom is -0.491 e. The molecule has 1 heterocycles. The lowest BCUT2D eigenvalue weighted by molar-refractivity contribution is 0.407. The molecular weight excluding hydrogens is 214 g/mol. The van der Waals surface area contributed by atoms with Gasteiger partial charge in [0.1, 0.15) is 0 Å². The summed E-state index contributed by atoms with van der Waals surface area (Å²) in [6.07, 6.45) is 5.30. The van der Waals surface area contributed by atoms with E-state index in [1.807, 2.05) is 36.4 Å². The molecule has 0 saturated carbocycles. The number of nitrogens with zero attached hydrogens (tertiary/aromatic N) is 1. The van der Waals surface area contributed by atoms with E-state index in [9.17, 15) is 4.79 Å². The number of ether oxygens (including phenoxy) is 1. The van der Waals surface area contributed by atoms with Gasteiger partial charge in [0.25, 0.3) is 5.56 Å². The molecule has 0 N–H and O–H groups in total. The average Bonchev–Trinajstić information content (AvgIpc) is 2.39. The topological polar surface area (TPSA) is 31.2 Å². The SMILES string of the molecule is COc1cccn(/C=C/c2ccccc2)c1=O. The predicted molar refractivity (Wildman–Crippen MR) is 68.9 cm³/mol. The molecule has 0 spiro atoms. The third-order valence-electron chi connectivity index (χ3n) is 2.39. The van der Waals surface area contributed by atoms with E-state index in [4.69, 9.17) is 4.74 Å². The van der Waals surface area contributed by atoms with Crippen LogP contribution in [0.25, 0.3) is 12.3 Å². The number of pyridine rings is 1. The van der Waals surface area contributed by atoms with Crippen LogP contribution in [0.2, 0.25) is 0 Å². The lowest BCUT2D eigenvalue weighted by Gasteiger charge is -2.01. The largest absolute Gasteiger partial charge is 0.491 e. The number of benzene rings is 1. The highest BCUT2D eigenvalue weighted by Gasteiger charge is 1.99. The highest BCUT2D eigenvalue weighted by Crippen LogP contribution is 2.04. The summed E-state index contributed by atoms with van der Waals surface area (Å²) in [5.74, 6) is 0.338. The van der Waals surface area contributed by atoms with E-state index >= 15 is 0 Å². The molecule has 2 rings (SSSR count). The van der Waals surface area contributed by atoms with E-state index in [2.05, 4.69) is 0 Å². The number of methoxy groups -OCH3 is 1. The van der Waals surface area contributed by atoms with Crippen LogP contribution in [0.5, 0.6) is 5.75 Å². The Kier molecular flexibility index (Phi) is 3.40. The summed E-state index contributed by atoms with van der Waals surface area (Å²) in [6.45, 7) is 0. The van der Waals surface area contributed by atoms with Crippen LogP contribution in [-0.2, 0) is 0 Å². The van der Waals surface area contributed by atoms with Gasteiger partial charge in [-0.15, -0.1) is 0 Å². The summed E-state index contributed by atoms with van der Waals surface area (Å²) in [4.78, 5) is 11.8. The second-order valence-electron chi connectivity index (χ2n) is 3.52. The average molecular weight is 227 g/mol. The second kappa shape index (κ2) is 5.16. The van der Waals surface area contributed by atoms with Crippen LogP contribution in [-0.4, -0.2) is 11.7 Å². The molecule has 17 heavy (non-hydrogen) atoms. The van der Waals surface area contributed by atoms with Crippen molar-refractivity contribution in [1.29, 1.82) is 0 Å². The molecule has 0 aliphatic rings. The zero-order chi connectivity index (χ0) is 12.1. The van der Waals surface area contributed by atoms with Crippen molar-refractivity contribution in [3.05, 3.63) is 64.6 Å². The first-order valence-electron chi connectivity index (χ1n) is 5.29. The van der Waals surface area contributed by atoms with E-state index in [-0.39, 0.29) is 5.56 Å². The van der Waals surface area contributed by atoms with Crippen LogP contribution in [0, 0.1) is 0 Å². The molecule has 1 aromatic carbocycles. The summed E-state index contributed by atoms with van der Waals surface area (Å²) in [5, 5.41) is 0. The Morgan fingerprint density at radius 2 is 1.88 bits per heavy atom. The van der Waals surface area contributed by atoms with E-state index in [1.165, 1.54) is 11.7 Å². The normalized spacial score (nSPS) is 10.6. The van der Waals surface area contributed by atoms with Gasteiger partial charge in [-0.25, -0.2) is 0 Å². The molecule has 0 bridgehead atoms. The molecule has 0 radical (unpaired) electrons. The molecule has 86 valence electrons. The Labute approximate surface area is 99.6 Å². The van der Waals surface area contributed by atoms with Crippen LogP contribution in [0.1, 0.15) is 5.56 Å². The minimum absolute atomic E-state index is 0.165. The van der Waals surface area contributed by atoms with Gasteiger partial charge in [0, 0.05) is 12.4 Å². The first-order valence-corrected chi connectivity index (χ1v) is 5.29. The number of hydrogen-bond donors (Lipinski definition) is 0. The highest BCUT2D eigenvalue weighted by molar-refractivity contribution is 5.60. The van der Waals surface area contributed by atoms with Gasteiger partial charge >= 0.3 is 0 Å². The van der Waals surface area contributed by atoms with Crippen LogP contribution < -0.4 is 10.3 Å². The number of aromatic nitrogens is 1. The van der Waals surface area contributed by atoms with Gasteiger partial charge < -0.3 is 4.74 Å². The predicted octanol–water partition coefficient (Wildman–Crippen LogP) is 2.48. The maximum absolute atomic E-state index is 11.8. The summed E-state index contributed by atoms with van der Waals surface area (Å²) in [7, 11) is 1.49. The standard InChI is InChI=1S/C14H13NO2/c1-17-13-8-5-10-15(14(13)16)11-9-12-6-3-2-4-7-12/h2-11H,1H3/b11-9+. The van der Waals surface area contributed by atoms with Crippen LogP contribution in [0.4, 0.5) is 0 Å². The zero-order valence-electron chi connectivity index (χ0n) is 9.54. The van der Waals surface area contributed by atoms with Gasteiger partial charge in [0.05, 0.1) is 7.11 Å². The number of hydrogen-bond acceptors (Lipinski definition) is 2. The molecule has 3 nitrogen and oxygen atoms in total. The Hall–Kier alpha value is -2.29. The fraction of sp³-hybridized carbons (Fsp3) is 0.0714. The van der Waals surface area contributed by atoms with Crippen molar-refractivity contribution in [1.82, 2.24) is 4.57 Å². The maximum Gasteiger partial charge on any atom is 0.296 e. The summed E-state index contributed by atoms with van der Waals surface area (Å²) in [5.41, 5.74) is 0.879. The van der Waals surface area contributed by atoms with Crippen molar-refractivity contribution in [3.63, 3.8) is 0 Å². The first kappa shape index (κ1) is 11.2. The van der Waals surface area contributed by atoms with Crippen molar-refractivity contribution < 1.29 is 4.74 Å². The third-order valence-corrected chi connectivity index (χ3v) is 2.39. The first-order chi connectivity index (χ1) is 8.31. The zero-order valence-corrected chi connectivity index (χ0v) is 9.54. The fourth-order valence-electron chi connectivity index (χ4n) is 1.49. The second-order valence-corrected chi connectivity index (χ2v) is 3.52. The molecule has 1 aromatic heterocycles. The molecule has 2 aromatic rings. The molecule has 0 amide bonds. The molecule has 0 atom stereocenters. The van der Waals surface area contributed by atoms with Crippen molar-refractivity contribution in [3.8, 4) is 5.75 Å². The highest BCUT2D eigenvalue weighted by atomic mass is 16.5. The minimum atomic E-state index is -0.165. The molecule has 0 saturated heterocycles. The van der Waals surface area contributed by atoms with Gasteiger partial charge in [-0.2, -0.15) is 0 Å². The van der Waals surface area contributed by atoms with Gasteiger partial charge in [0.15, 0.2) is 5.75 Å². The smallest absolute Gasteiger partial charge is 0.296 e. The molecule has 0 aliphatic heterocycles. The lowest BCUT2D eigenvalue weighted by atomic mass is 10.2. The Morgan fingerprint density at radius 1 is 1.12 bits per heavy atom. The monoisotopic (exact) mass is 227 g/mol. The molecule has 0 aliphatic carbocycles. The van der Waals surface area contributed by atoms with E-state index in [1.54, 1.807) is 24.5 Å². The van der Waals surface area contributed by atoms with Gasteiger partial charge in [-0.3, -0.25) is 9.36 Å². The third kappa shape index (κ3) is 2.64. The van der Waals surface area contributed by atoms with Gasteiger partial charge in [-0.05, 0) is 23.8 Å². The van der Waals surface area contributed by atoms with E-state index in [0.717, 1.165) is 5.56 Å². The molecule has 0 fully saturated rings. The molecule has 0 unspecified atom stereocenters. The fourth-order valence-corrected chi connectivity index (χ4v) is 1.49. The van der Waals surface area contributed by atoms with Crippen molar-refractivity contribution in [2.24, 2.45) is 0 Å². The summed E-state index contributed by atoms with van der Waals surface area (Å²) in [6, 6.07) is 13.2. The maximum atomic E-state index is 11.8. The summed E-state index contributed by atoms with van der Waals surface area (Å²) >= 11 is 0. The van der Waals surface area contributed by atoms with E-state index < -0.39 is 0 Å². The Balaban J connectivity index is 2.31. The van der Waals surface area contributed by atoms with Crippen LogP contribution >= 0.6 is 0 Å².